The van der Waals surface area contributed by atoms with Crippen molar-refractivity contribution in [1.82, 2.24) is 10.2 Å². The monoisotopic (exact) mass is 260 g/mol. The predicted octanol–water partition coefficient (Wildman–Crippen LogP) is 3.24. The van der Waals surface area contributed by atoms with Crippen molar-refractivity contribution in [2.45, 2.75) is 46.2 Å². The molecule has 1 heterocycles. The number of hydrogen-bond acceptors (Lipinski definition) is 2. The van der Waals surface area contributed by atoms with Crippen LogP contribution in [0.1, 0.15) is 40.2 Å². The van der Waals surface area contributed by atoms with Gasteiger partial charge in [-0.05, 0) is 24.4 Å². The van der Waals surface area contributed by atoms with E-state index < -0.39 is 0 Å². The van der Waals surface area contributed by atoms with E-state index in [1.165, 1.54) is 5.56 Å². The number of nitrogens with zero attached hydrogens (tertiary/aromatic N) is 1. The highest BCUT2D eigenvalue weighted by Gasteiger charge is 2.41. The first-order valence-corrected chi connectivity index (χ1v) is 7.42. The number of likely N-dealkylation sites (N-methyl/N-ethyl adjacent to an activating group) is 1. The first-order valence-electron chi connectivity index (χ1n) is 7.42. The van der Waals surface area contributed by atoms with Gasteiger partial charge < -0.3 is 5.32 Å². The van der Waals surface area contributed by atoms with Gasteiger partial charge in [0.05, 0.1) is 5.54 Å². The topological polar surface area (TPSA) is 15.3 Å². The summed E-state index contributed by atoms with van der Waals surface area (Å²) in [6.45, 7) is 14.8. The lowest BCUT2D eigenvalue weighted by Gasteiger charge is -2.51. The van der Waals surface area contributed by atoms with Crippen LogP contribution >= 0.6 is 0 Å². The minimum absolute atomic E-state index is 0.109. The second-order valence-corrected chi connectivity index (χ2v) is 6.98. The fourth-order valence-corrected chi connectivity index (χ4v) is 3.06. The van der Waals surface area contributed by atoms with Crippen LogP contribution in [0.5, 0.6) is 0 Å². The Morgan fingerprint density at radius 1 is 1.26 bits per heavy atom. The molecular weight excluding hydrogens is 232 g/mol. The van der Waals surface area contributed by atoms with E-state index in [-0.39, 0.29) is 5.54 Å². The Labute approximate surface area is 118 Å². The van der Waals surface area contributed by atoms with Gasteiger partial charge in [-0.1, -0.05) is 58.0 Å². The van der Waals surface area contributed by atoms with Crippen molar-refractivity contribution in [3.8, 4) is 0 Å². The summed E-state index contributed by atoms with van der Waals surface area (Å²) in [5, 5.41) is 3.77. The van der Waals surface area contributed by atoms with Crippen molar-refractivity contribution >= 4 is 0 Å². The molecule has 2 heteroatoms. The molecule has 1 saturated heterocycles. The van der Waals surface area contributed by atoms with Crippen LogP contribution in [0, 0.1) is 5.41 Å². The summed E-state index contributed by atoms with van der Waals surface area (Å²) in [7, 11) is 0. The van der Waals surface area contributed by atoms with E-state index in [1.54, 1.807) is 0 Å². The van der Waals surface area contributed by atoms with Gasteiger partial charge in [0.15, 0.2) is 0 Å². The number of benzene rings is 1. The molecule has 1 fully saturated rings. The van der Waals surface area contributed by atoms with Gasteiger partial charge in [0.25, 0.3) is 0 Å². The zero-order valence-corrected chi connectivity index (χ0v) is 13.0. The highest BCUT2D eigenvalue weighted by Crippen LogP contribution is 2.33. The normalized spacial score (nSPS) is 29.4. The van der Waals surface area contributed by atoms with Crippen molar-refractivity contribution in [2.24, 2.45) is 5.41 Å². The predicted molar refractivity (Wildman–Crippen MR) is 82.3 cm³/mol. The fourth-order valence-electron chi connectivity index (χ4n) is 3.06. The molecule has 0 saturated carbocycles. The standard InChI is InChI=1S/C17H28N2/c1-6-19-12-15(16(2,3)4)18-13-17(19,5)14-10-8-7-9-11-14/h7-11,15,18H,6,12-13H2,1-5H3. The lowest BCUT2D eigenvalue weighted by atomic mass is 9.80. The van der Waals surface area contributed by atoms with Crippen LogP contribution in [0.4, 0.5) is 0 Å². The summed E-state index contributed by atoms with van der Waals surface area (Å²) in [5.74, 6) is 0. The molecule has 0 bridgehead atoms. The van der Waals surface area contributed by atoms with Crippen LogP contribution in [0.2, 0.25) is 0 Å². The maximum absolute atomic E-state index is 3.77. The van der Waals surface area contributed by atoms with Gasteiger partial charge in [-0.2, -0.15) is 0 Å². The van der Waals surface area contributed by atoms with Crippen LogP contribution in [-0.2, 0) is 5.54 Å². The van der Waals surface area contributed by atoms with E-state index in [4.69, 9.17) is 0 Å². The van der Waals surface area contributed by atoms with Crippen LogP contribution < -0.4 is 5.32 Å². The largest absolute Gasteiger partial charge is 0.310 e. The third-order valence-corrected chi connectivity index (χ3v) is 4.62. The minimum Gasteiger partial charge on any atom is -0.310 e. The molecule has 19 heavy (non-hydrogen) atoms. The third-order valence-electron chi connectivity index (χ3n) is 4.62. The average Bonchev–Trinajstić information content (AvgIpc) is 2.39. The minimum atomic E-state index is 0.109. The van der Waals surface area contributed by atoms with Gasteiger partial charge in [0.1, 0.15) is 0 Å². The molecule has 2 atom stereocenters. The van der Waals surface area contributed by atoms with Crippen LogP contribution in [0.15, 0.2) is 30.3 Å². The number of rotatable bonds is 2. The molecule has 0 amide bonds. The first kappa shape index (κ1) is 14.5. The lowest BCUT2D eigenvalue weighted by molar-refractivity contribution is 0.0264. The number of piperazine rings is 1. The molecule has 2 nitrogen and oxygen atoms in total. The van der Waals surface area contributed by atoms with Crippen LogP contribution in [-0.4, -0.2) is 30.6 Å². The van der Waals surface area contributed by atoms with Gasteiger partial charge in [0.2, 0.25) is 0 Å². The fraction of sp³-hybridized carbons (Fsp3) is 0.647. The zero-order chi connectivity index (χ0) is 14.1. The van der Waals surface area contributed by atoms with E-state index in [9.17, 15) is 0 Å². The van der Waals surface area contributed by atoms with E-state index >= 15 is 0 Å². The third kappa shape index (κ3) is 2.85. The molecule has 2 rings (SSSR count). The molecule has 106 valence electrons. The molecular formula is C17H28N2. The second-order valence-electron chi connectivity index (χ2n) is 6.98. The van der Waals surface area contributed by atoms with E-state index in [0.717, 1.165) is 19.6 Å². The molecule has 2 unspecified atom stereocenters. The first-order chi connectivity index (χ1) is 8.88. The summed E-state index contributed by atoms with van der Waals surface area (Å²) < 4.78 is 0. The average molecular weight is 260 g/mol. The Morgan fingerprint density at radius 3 is 2.42 bits per heavy atom. The van der Waals surface area contributed by atoms with Crippen LogP contribution in [0.25, 0.3) is 0 Å². The summed E-state index contributed by atoms with van der Waals surface area (Å²) in [6.07, 6.45) is 0. The Hall–Kier alpha value is -0.860. The smallest absolute Gasteiger partial charge is 0.0557 e. The van der Waals surface area contributed by atoms with Gasteiger partial charge >= 0.3 is 0 Å². The molecule has 0 aliphatic carbocycles. The number of nitrogens with one attached hydrogen (secondary N) is 1. The SMILES string of the molecule is CCN1CC(C(C)(C)C)NCC1(C)c1ccccc1. The highest BCUT2D eigenvalue weighted by atomic mass is 15.3. The zero-order valence-electron chi connectivity index (χ0n) is 13.0. The molecule has 0 radical (unpaired) electrons. The molecule has 1 aromatic rings. The molecule has 1 aliphatic rings. The molecule has 1 N–H and O–H groups in total. The van der Waals surface area contributed by atoms with E-state index in [1.807, 2.05) is 0 Å². The Morgan fingerprint density at radius 2 is 1.89 bits per heavy atom. The summed E-state index contributed by atoms with van der Waals surface area (Å²) in [6, 6.07) is 11.4. The van der Waals surface area contributed by atoms with Crippen molar-refractivity contribution in [3.05, 3.63) is 35.9 Å². The molecule has 1 aromatic carbocycles. The van der Waals surface area contributed by atoms with Crippen molar-refractivity contribution in [1.29, 1.82) is 0 Å². The van der Waals surface area contributed by atoms with Gasteiger partial charge in [-0.15, -0.1) is 0 Å². The number of hydrogen-bond donors (Lipinski definition) is 1. The second kappa shape index (κ2) is 5.26. The maximum atomic E-state index is 3.77. The summed E-state index contributed by atoms with van der Waals surface area (Å²) in [4.78, 5) is 2.62. The molecule has 0 spiro atoms. The highest BCUT2D eigenvalue weighted by molar-refractivity contribution is 5.25. The van der Waals surface area contributed by atoms with Gasteiger partial charge in [-0.3, -0.25) is 4.90 Å². The Bertz CT molecular complexity index is 407. The molecule has 0 aromatic heterocycles. The Balaban J connectivity index is 2.24. The van der Waals surface area contributed by atoms with Crippen LogP contribution in [0.3, 0.4) is 0 Å². The quantitative estimate of drug-likeness (QED) is 0.878. The van der Waals surface area contributed by atoms with Crippen molar-refractivity contribution < 1.29 is 0 Å². The van der Waals surface area contributed by atoms with Crippen molar-refractivity contribution in [3.63, 3.8) is 0 Å². The maximum Gasteiger partial charge on any atom is 0.0557 e. The summed E-state index contributed by atoms with van der Waals surface area (Å²) >= 11 is 0. The van der Waals surface area contributed by atoms with E-state index in [2.05, 4.69) is 75.2 Å². The summed E-state index contributed by atoms with van der Waals surface area (Å²) in [5.41, 5.74) is 1.83. The van der Waals surface area contributed by atoms with Gasteiger partial charge in [0, 0.05) is 19.1 Å². The lowest BCUT2D eigenvalue weighted by Crippen LogP contribution is -2.64. The molecule has 1 aliphatic heterocycles. The van der Waals surface area contributed by atoms with Gasteiger partial charge in [-0.25, -0.2) is 0 Å². The van der Waals surface area contributed by atoms with E-state index in [0.29, 0.717) is 11.5 Å². The Kier molecular flexibility index (Phi) is 4.03. The van der Waals surface area contributed by atoms with Crippen molar-refractivity contribution in [2.75, 3.05) is 19.6 Å².